The summed E-state index contributed by atoms with van der Waals surface area (Å²) in [6.07, 6.45) is 1.95. The predicted molar refractivity (Wildman–Crippen MR) is 86.9 cm³/mol. The maximum Gasteiger partial charge on any atom is 0.323 e. The Labute approximate surface area is 132 Å². The van der Waals surface area contributed by atoms with Gasteiger partial charge in [-0.3, -0.25) is 4.79 Å². The lowest BCUT2D eigenvalue weighted by Gasteiger charge is -2.21. The van der Waals surface area contributed by atoms with Crippen LogP contribution >= 0.6 is 12.4 Å². The third-order valence-electron chi connectivity index (χ3n) is 2.45. The van der Waals surface area contributed by atoms with Crippen LogP contribution in [0.25, 0.3) is 0 Å². The van der Waals surface area contributed by atoms with Crippen LogP contribution in [0.1, 0.15) is 26.3 Å². The van der Waals surface area contributed by atoms with Crippen molar-refractivity contribution in [1.29, 1.82) is 0 Å². The topological polar surface area (TPSA) is 61.5 Å². The molecule has 0 heterocycles. The van der Waals surface area contributed by atoms with Gasteiger partial charge in [0.15, 0.2) is 0 Å². The predicted octanol–water partition coefficient (Wildman–Crippen LogP) is 2.88. The fourth-order valence-corrected chi connectivity index (χ4v) is 1.63. The molecule has 118 valence electrons. The van der Waals surface area contributed by atoms with Crippen LogP contribution < -0.4 is 10.5 Å². The van der Waals surface area contributed by atoms with Crippen LogP contribution in [0.2, 0.25) is 0 Å². The van der Waals surface area contributed by atoms with Gasteiger partial charge in [0, 0.05) is 0 Å². The van der Waals surface area contributed by atoms with E-state index in [0.717, 1.165) is 11.3 Å². The molecule has 1 aromatic rings. The second kappa shape index (κ2) is 8.70. The van der Waals surface area contributed by atoms with Gasteiger partial charge in [0.25, 0.3) is 0 Å². The van der Waals surface area contributed by atoms with E-state index in [1.165, 1.54) is 6.08 Å². The molecule has 0 fully saturated rings. The molecule has 1 rings (SSSR count). The van der Waals surface area contributed by atoms with Gasteiger partial charge >= 0.3 is 5.97 Å². The molecule has 1 atom stereocenters. The van der Waals surface area contributed by atoms with Gasteiger partial charge in [0.2, 0.25) is 0 Å². The molecule has 0 aromatic heterocycles. The summed E-state index contributed by atoms with van der Waals surface area (Å²) >= 11 is 0. The Kier molecular flexibility index (Phi) is 8.07. The zero-order valence-electron chi connectivity index (χ0n) is 12.8. The number of esters is 1. The number of ether oxygens (including phenoxy) is 2. The van der Waals surface area contributed by atoms with Crippen LogP contribution in [-0.4, -0.2) is 24.2 Å². The molecule has 0 saturated carbocycles. The first-order valence-electron chi connectivity index (χ1n) is 6.63. The maximum atomic E-state index is 11.5. The van der Waals surface area contributed by atoms with E-state index in [9.17, 15) is 4.79 Å². The summed E-state index contributed by atoms with van der Waals surface area (Å²) < 4.78 is 10.6. The molecule has 0 amide bonds. The van der Waals surface area contributed by atoms with Crippen LogP contribution in [-0.2, 0) is 16.0 Å². The fraction of sp³-hybridized carbons (Fsp3) is 0.438. The molecule has 21 heavy (non-hydrogen) atoms. The summed E-state index contributed by atoms with van der Waals surface area (Å²) in [5, 5.41) is 0. The van der Waals surface area contributed by atoms with Gasteiger partial charge in [-0.25, -0.2) is 0 Å². The molecular weight excluding hydrogens is 290 g/mol. The van der Waals surface area contributed by atoms with E-state index in [1.807, 2.05) is 45.0 Å². The summed E-state index contributed by atoms with van der Waals surface area (Å²) in [4.78, 5) is 11.5. The Bertz CT molecular complexity index is 452. The van der Waals surface area contributed by atoms with E-state index < -0.39 is 12.0 Å². The molecule has 0 unspecified atom stereocenters. The minimum atomic E-state index is -0.663. The van der Waals surface area contributed by atoms with Crippen molar-refractivity contribution in [3.8, 4) is 5.75 Å². The minimum absolute atomic E-state index is 0. The highest BCUT2D eigenvalue weighted by Gasteiger charge is 2.16. The number of rotatable bonds is 6. The number of hydrogen-bond acceptors (Lipinski definition) is 4. The van der Waals surface area contributed by atoms with Crippen LogP contribution in [0.15, 0.2) is 36.9 Å². The summed E-state index contributed by atoms with van der Waals surface area (Å²) in [7, 11) is 0. The van der Waals surface area contributed by atoms with Gasteiger partial charge in [0.05, 0.1) is 0 Å². The first-order chi connectivity index (χ1) is 9.31. The number of hydrogen-bond donors (Lipinski definition) is 1. The molecule has 0 aliphatic rings. The SMILES string of the molecule is C=CCOC(=O)[C@@H](N)Cc1ccc(OC(C)(C)C)cc1.Cl. The average Bonchev–Trinajstić information content (AvgIpc) is 2.36. The van der Waals surface area contributed by atoms with E-state index in [0.29, 0.717) is 6.42 Å². The fourth-order valence-electron chi connectivity index (χ4n) is 1.63. The zero-order chi connectivity index (χ0) is 15.2. The van der Waals surface area contributed by atoms with Crippen molar-refractivity contribution in [2.45, 2.75) is 38.8 Å². The Hall–Kier alpha value is -1.52. The summed E-state index contributed by atoms with van der Waals surface area (Å²) in [5.74, 6) is 0.379. The Balaban J connectivity index is 0.00000400. The second-order valence-electron chi connectivity index (χ2n) is 5.59. The molecule has 0 spiro atoms. The van der Waals surface area contributed by atoms with E-state index in [2.05, 4.69) is 6.58 Å². The highest BCUT2D eigenvalue weighted by molar-refractivity contribution is 5.85. The van der Waals surface area contributed by atoms with Crippen molar-refractivity contribution in [2.24, 2.45) is 5.73 Å². The molecule has 5 heteroatoms. The van der Waals surface area contributed by atoms with Crippen LogP contribution in [0, 0.1) is 0 Å². The Morgan fingerprint density at radius 2 is 1.90 bits per heavy atom. The summed E-state index contributed by atoms with van der Waals surface area (Å²) in [6, 6.07) is 6.90. The normalized spacial score (nSPS) is 12.0. The van der Waals surface area contributed by atoms with Gasteiger partial charge in [-0.05, 0) is 44.9 Å². The van der Waals surface area contributed by atoms with Gasteiger partial charge < -0.3 is 15.2 Å². The molecule has 0 saturated heterocycles. The standard InChI is InChI=1S/C16H23NO3.ClH/c1-5-10-19-15(18)14(17)11-12-6-8-13(9-7-12)20-16(2,3)4;/h5-9,14H,1,10-11,17H2,2-4H3;1H/t14-;/m0./s1. The highest BCUT2D eigenvalue weighted by Crippen LogP contribution is 2.19. The molecule has 0 aliphatic carbocycles. The van der Waals surface area contributed by atoms with Gasteiger partial charge in [-0.1, -0.05) is 24.8 Å². The Morgan fingerprint density at radius 3 is 2.38 bits per heavy atom. The van der Waals surface area contributed by atoms with Crippen LogP contribution in [0.5, 0.6) is 5.75 Å². The molecule has 1 aromatic carbocycles. The van der Waals surface area contributed by atoms with Gasteiger partial charge in [-0.15, -0.1) is 12.4 Å². The van der Waals surface area contributed by atoms with Gasteiger partial charge in [-0.2, -0.15) is 0 Å². The molecular formula is C16H24ClNO3. The van der Waals surface area contributed by atoms with Crippen molar-refractivity contribution in [1.82, 2.24) is 0 Å². The van der Waals surface area contributed by atoms with Crippen molar-refractivity contribution >= 4 is 18.4 Å². The zero-order valence-corrected chi connectivity index (χ0v) is 13.6. The van der Waals surface area contributed by atoms with Crippen molar-refractivity contribution in [2.75, 3.05) is 6.61 Å². The molecule has 0 aliphatic heterocycles. The van der Waals surface area contributed by atoms with Crippen LogP contribution in [0.4, 0.5) is 0 Å². The van der Waals surface area contributed by atoms with Crippen LogP contribution in [0.3, 0.4) is 0 Å². The third-order valence-corrected chi connectivity index (χ3v) is 2.45. The summed E-state index contributed by atoms with van der Waals surface area (Å²) in [6.45, 7) is 9.65. The van der Waals surface area contributed by atoms with E-state index in [4.69, 9.17) is 15.2 Å². The molecule has 4 nitrogen and oxygen atoms in total. The first-order valence-corrected chi connectivity index (χ1v) is 6.63. The number of carbonyl (C=O) groups excluding carboxylic acids is 1. The number of carbonyl (C=O) groups is 1. The lowest BCUT2D eigenvalue weighted by molar-refractivity contribution is -0.143. The number of benzene rings is 1. The largest absolute Gasteiger partial charge is 0.488 e. The molecule has 0 bridgehead atoms. The molecule has 0 radical (unpaired) electrons. The third kappa shape index (κ3) is 7.73. The average molecular weight is 314 g/mol. The van der Waals surface area contributed by atoms with Crippen molar-refractivity contribution in [3.05, 3.63) is 42.5 Å². The minimum Gasteiger partial charge on any atom is -0.488 e. The number of nitrogens with two attached hydrogens (primary N) is 1. The monoisotopic (exact) mass is 313 g/mol. The van der Waals surface area contributed by atoms with Crippen molar-refractivity contribution in [3.63, 3.8) is 0 Å². The summed E-state index contributed by atoms with van der Waals surface area (Å²) in [5.41, 5.74) is 6.53. The smallest absolute Gasteiger partial charge is 0.323 e. The van der Waals surface area contributed by atoms with E-state index >= 15 is 0 Å². The van der Waals surface area contributed by atoms with E-state index in [-0.39, 0.29) is 24.6 Å². The molecule has 2 N–H and O–H groups in total. The maximum absolute atomic E-state index is 11.5. The highest BCUT2D eigenvalue weighted by atomic mass is 35.5. The lowest BCUT2D eigenvalue weighted by atomic mass is 10.1. The number of halogens is 1. The quantitative estimate of drug-likeness (QED) is 0.648. The Morgan fingerprint density at radius 1 is 1.33 bits per heavy atom. The second-order valence-corrected chi connectivity index (χ2v) is 5.59. The van der Waals surface area contributed by atoms with Crippen molar-refractivity contribution < 1.29 is 14.3 Å². The van der Waals surface area contributed by atoms with E-state index in [1.54, 1.807) is 0 Å². The first kappa shape index (κ1) is 19.5. The lowest BCUT2D eigenvalue weighted by Crippen LogP contribution is -2.34. The van der Waals surface area contributed by atoms with Gasteiger partial charge in [0.1, 0.15) is 24.0 Å².